The minimum Gasteiger partial charge on any atom is -0.490 e. The fraction of sp³-hybridized carbons (Fsp3) is 0.286. The van der Waals surface area contributed by atoms with Crippen molar-refractivity contribution in [3.63, 3.8) is 0 Å². The molecule has 2 aliphatic rings. The SMILES string of the molecule is C[C@@H](NC1=C[C@H](c2cccc(OC3CC3)c2)N(c2ccc(C(F)(F)F)cc2)C1)c1ccccc1. The topological polar surface area (TPSA) is 24.5 Å². The highest BCUT2D eigenvalue weighted by molar-refractivity contribution is 5.56. The molecule has 0 spiro atoms. The Labute approximate surface area is 197 Å². The largest absolute Gasteiger partial charge is 0.490 e. The van der Waals surface area contributed by atoms with E-state index in [4.69, 9.17) is 4.74 Å². The third-order valence-electron chi connectivity index (χ3n) is 6.29. The maximum absolute atomic E-state index is 13.1. The second-order valence-electron chi connectivity index (χ2n) is 8.98. The number of ether oxygens (including phenoxy) is 1. The lowest BCUT2D eigenvalue weighted by atomic mass is 10.0. The molecule has 0 saturated heterocycles. The number of hydrogen-bond acceptors (Lipinski definition) is 3. The van der Waals surface area contributed by atoms with Crippen molar-refractivity contribution in [2.24, 2.45) is 0 Å². The zero-order valence-corrected chi connectivity index (χ0v) is 18.9. The standard InChI is InChI=1S/C28H27F3N2O/c1-19(20-6-3-2-4-7-20)32-23-17-27(21-8-5-9-26(16-21)34-25-14-15-25)33(18-23)24-12-10-22(11-13-24)28(29,30)31/h2-13,16-17,19,25,27,32H,14-15,18H2,1H3/t19-,27-/m1/s1. The zero-order valence-electron chi connectivity index (χ0n) is 18.9. The van der Waals surface area contributed by atoms with Crippen LogP contribution in [0.15, 0.2) is 90.6 Å². The Morgan fingerprint density at radius 2 is 1.68 bits per heavy atom. The van der Waals surface area contributed by atoms with Crippen LogP contribution in [0.4, 0.5) is 18.9 Å². The Balaban J connectivity index is 1.43. The molecule has 1 heterocycles. The third kappa shape index (κ3) is 5.06. The van der Waals surface area contributed by atoms with Crippen molar-refractivity contribution in [1.82, 2.24) is 5.32 Å². The van der Waals surface area contributed by atoms with E-state index >= 15 is 0 Å². The van der Waals surface area contributed by atoms with Gasteiger partial charge in [-0.25, -0.2) is 0 Å². The summed E-state index contributed by atoms with van der Waals surface area (Å²) in [5.41, 5.74) is 3.35. The van der Waals surface area contributed by atoms with Gasteiger partial charge >= 0.3 is 6.18 Å². The summed E-state index contributed by atoms with van der Waals surface area (Å²) < 4.78 is 45.3. The van der Waals surface area contributed by atoms with E-state index in [1.54, 1.807) is 12.1 Å². The van der Waals surface area contributed by atoms with Gasteiger partial charge in [-0.3, -0.25) is 0 Å². The molecule has 1 aliphatic heterocycles. The van der Waals surface area contributed by atoms with Crippen molar-refractivity contribution in [2.45, 2.75) is 44.1 Å². The van der Waals surface area contributed by atoms with Crippen molar-refractivity contribution < 1.29 is 17.9 Å². The Hall–Kier alpha value is -3.41. The van der Waals surface area contributed by atoms with Crippen molar-refractivity contribution in [3.05, 3.63) is 107 Å². The minimum absolute atomic E-state index is 0.102. The summed E-state index contributed by atoms with van der Waals surface area (Å²) in [4.78, 5) is 2.12. The maximum Gasteiger partial charge on any atom is 0.416 e. The van der Waals surface area contributed by atoms with Gasteiger partial charge < -0.3 is 15.0 Å². The molecule has 1 saturated carbocycles. The average molecular weight is 465 g/mol. The zero-order chi connectivity index (χ0) is 23.7. The quantitative estimate of drug-likeness (QED) is 0.406. The van der Waals surface area contributed by atoms with Crippen molar-refractivity contribution in [2.75, 3.05) is 11.4 Å². The Morgan fingerprint density at radius 1 is 0.941 bits per heavy atom. The summed E-state index contributed by atoms with van der Waals surface area (Å²) in [6.45, 7) is 2.68. The second-order valence-corrected chi connectivity index (χ2v) is 8.98. The van der Waals surface area contributed by atoms with Crippen molar-refractivity contribution in [3.8, 4) is 5.75 Å². The Bertz CT molecular complexity index is 1150. The molecule has 0 bridgehead atoms. The monoisotopic (exact) mass is 464 g/mol. The average Bonchev–Trinajstić information content (AvgIpc) is 3.55. The number of nitrogens with one attached hydrogen (secondary N) is 1. The highest BCUT2D eigenvalue weighted by atomic mass is 19.4. The third-order valence-corrected chi connectivity index (χ3v) is 6.29. The second kappa shape index (κ2) is 9.09. The van der Waals surface area contributed by atoms with Gasteiger partial charge in [-0.05, 0) is 73.4 Å². The molecule has 6 heteroatoms. The number of rotatable bonds is 7. The lowest BCUT2D eigenvalue weighted by Crippen LogP contribution is -2.27. The van der Waals surface area contributed by atoms with E-state index in [9.17, 15) is 13.2 Å². The van der Waals surface area contributed by atoms with Gasteiger partial charge in [0.2, 0.25) is 0 Å². The molecule has 3 aromatic carbocycles. The molecule has 3 aromatic rings. The van der Waals surface area contributed by atoms with E-state index in [2.05, 4.69) is 35.3 Å². The maximum atomic E-state index is 13.1. The van der Waals surface area contributed by atoms with Gasteiger partial charge in [-0.1, -0.05) is 42.5 Å². The molecule has 5 rings (SSSR count). The van der Waals surface area contributed by atoms with E-state index in [-0.39, 0.29) is 12.1 Å². The molecule has 0 unspecified atom stereocenters. The molecular formula is C28H27F3N2O. The molecule has 0 aromatic heterocycles. The van der Waals surface area contributed by atoms with Crippen LogP contribution in [0.5, 0.6) is 5.75 Å². The van der Waals surface area contributed by atoms with Crippen LogP contribution in [-0.4, -0.2) is 12.6 Å². The normalized spacial score (nSPS) is 19.0. The first-order valence-corrected chi connectivity index (χ1v) is 11.6. The van der Waals surface area contributed by atoms with Gasteiger partial charge in [0.1, 0.15) is 5.75 Å². The van der Waals surface area contributed by atoms with Crippen LogP contribution in [0.2, 0.25) is 0 Å². The first-order chi connectivity index (χ1) is 16.4. The van der Waals surface area contributed by atoms with Crippen molar-refractivity contribution >= 4 is 5.69 Å². The van der Waals surface area contributed by atoms with Gasteiger partial charge in [0, 0.05) is 17.4 Å². The summed E-state index contributed by atoms with van der Waals surface area (Å²) >= 11 is 0. The van der Waals surface area contributed by atoms with Crippen LogP contribution in [0.1, 0.15) is 48.5 Å². The molecule has 0 radical (unpaired) electrons. The van der Waals surface area contributed by atoms with Crippen LogP contribution >= 0.6 is 0 Å². The molecule has 0 amide bonds. The van der Waals surface area contributed by atoms with Crippen molar-refractivity contribution in [1.29, 1.82) is 0 Å². The van der Waals surface area contributed by atoms with Crippen LogP contribution in [0, 0.1) is 0 Å². The van der Waals surface area contributed by atoms with Crippen LogP contribution in [-0.2, 0) is 6.18 Å². The summed E-state index contributed by atoms with van der Waals surface area (Å²) in [7, 11) is 0. The summed E-state index contributed by atoms with van der Waals surface area (Å²) in [5, 5.41) is 3.60. The smallest absolute Gasteiger partial charge is 0.416 e. The summed E-state index contributed by atoms with van der Waals surface area (Å²) in [6.07, 6.45) is 0.262. The molecule has 1 N–H and O–H groups in total. The van der Waals surface area contributed by atoms with E-state index < -0.39 is 11.7 Å². The Morgan fingerprint density at radius 3 is 2.35 bits per heavy atom. The van der Waals surface area contributed by atoms with Gasteiger partial charge in [-0.15, -0.1) is 0 Å². The number of benzene rings is 3. The lowest BCUT2D eigenvalue weighted by Gasteiger charge is -2.28. The number of alkyl halides is 3. The number of hydrogen-bond donors (Lipinski definition) is 1. The van der Waals surface area contributed by atoms with E-state index in [0.29, 0.717) is 12.6 Å². The number of nitrogens with zero attached hydrogens (tertiary/aromatic N) is 1. The molecule has 34 heavy (non-hydrogen) atoms. The predicted molar refractivity (Wildman–Crippen MR) is 128 cm³/mol. The lowest BCUT2D eigenvalue weighted by molar-refractivity contribution is -0.137. The van der Waals surface area contributed by atoms with E-state index in [1.807, 2.05) is 42.5 Å². The van der Waals surface area contributed by atoms with Crippen LogP contribution in [0.3, 0.4) is 0 Å². The molecule has 2 atom stereocenters. The minimum atomic E-state index is -4.35. The molecule has 3 nitrogen and oxygen atoms in total. The van der Waals surface area contributed by atoms with Gasteiger partial charge in [0.25, 0.3) is 0 Å². The van der Waals surface area contributed by atoms with Crippen LogP contribution in [0.25, 0.3) is 0 Å². The molecule has 1 aliphatic carbocycles. The first kappa shape index (κ1) is 22.4. The van der Waals surface area contributed by atoms with Gasteiger partial charge in [0.05, 0.1) is 24.3 Å². The number of anilines is 1. The van der Waals surface area contributed by atoms with E-state index in [0.717, 1.165) is 47.7 Å². The Kier molecular flexibility index (Phi) is 5.98. The fourth-order valence-electron chi connectivity index (χ4n) is 4.33. The number of halogens is 3. The van der Waals surface area contributed by atoms with E-state index in [1.165, 1.54) is 5.56 Å². The summed E-state index contributed by atoms with van der Waals surface area (Å²) in [6, 6.07) is 23.6. The van der Waals surface area contributed by atoms with Gasteiger partial charge in [-0.2, -0.15) is 13.2 Å². The summed E-state index contributed by atoms with van der Waals surface area (Å²) in [5.74, 6) is 0.833. The molecule has 176 valence electrons. The highest BCUT2D eigenvalue weighted by Crippen LogP contribution is 2.38. The predicted octanol–water partition coefficient (Wildman–Crippen LogP) is 7.04. The molecule has 1 fully saturated rings. The van der Waals surface area contributed by atoms with Gasteiger partial charge in [0.15, 0.2) is 0 Å². The highest BCUT2D eigenvalue weighted by Gasteiger charge is 2.32. The first-order valence-electron chi connectivity index (χ1n) is 11.6. The fourth-order valence-corrected chi connectivity index (χ4v) is 4.33. The molecular weight excluding hydrogens is 437 g/mol. The van der Waals surface area contributed by atoms with Crippen LogP contribution < -0.4 is 15.0 Å².